The Morgan fingerprint density at radius 3 is 2.57 bits per heavy atom. The van der Waals surface area contributed by atoms with Crippen molar-refractivity contribution in [2.75, 3.05) is 43.9 Å². The van der Waals surface area contributed by atoms with E-state index in [1.54, 1.807) is 7.11 Å². The minimum absolute atomic E-state index is 0.00189. The summed E-state index contributed by atoms with van der Waals surface area (Å²) in [6, 6.07) is 0. The molecule has 1 fully saturated rings. The van der Waals surface area contributed by atoms with Crippen molar-refractivity contribution in [1.82, 2.24) is 9.88 Å². The van der Waals surface area contributed by atoms with E-state index in [0.717, 1.165) is 44.2 Å². The lowest BCUT2D eigenvalue weighted by Gasteiger charge is -2.30. The molecule has 0 aliphatic carbocycles. The molecule has 1 amide bonds. The van der Waals surface area contributed by atoms with Gasteiger partial charge in [0.05, 0.1) is 6.10 Å². The first kappa shape index (κ1) is 16.0. The summed E-state index contributed by atoms with van der Waals surface area (Å²) < 4.78 is 5.33. The van der Waals surface area contributed by atoms with E-state index in [0.29, 0.717) is 10.7 Å². The highest BCUT2D eigenvalue weighted by molar-refractivity contribution is 7.18. The van der Waals surface area contributed by atoms with E-state index in [1.165, 1.54) is 11.3 Å². The second-order valence-corrected chi connectivity index (χ2v) is 6.09. The Labute approximate surface area is 129 Å². The average Bonchev–Trinajstić information content (AvgIpc) is 2.89. The Morgan fingerprint density at radius 2 is 2.05 bits per heavy atom. The van der Waals surface area contributed by atoms with Crippen molar-refractivity contribution < 1.29 is 9.53 Å². The Bertz CT molecular complexity index is 479. The topological polar surface area (TPSA) is 71.7 Å². The molecule has 118 valence electrons. The molecule has 0 bridgehead atoms. The van der Waals surface area contributed by atoms with Gasteiger partial charge in [-0.1, -0.05) is 11.3 Å². The number of thiazole rings is 1. The van der Waals surface area contributed by atoms with Gasteiger partial charge in [-0.3, -0.25) is 4.79 Å². The van der Waals surface area contributed by atoms with Gasteiger partial charge in [-0.25, -0.2) is 4.98 Å². The van der Waals surface area contributed by atoms with Crippen LogP contribution < -0.4 is 10.6 Å². The fourth-order valence-electron chi connectivity index (χ4n) is 2.54. The summed E-state index contributed by atoms with van der Waals surface area (Å²) in [7, 11) is 1.72. The number of hydrogen-bond acceptors (Lipinski definition) is 6. The molecule has 1 aromatic rings. The molecule has 2 rings (SSSR count). The SMILES string of the molecule is CCN(CC)c1nc(N)c(C(=O)N2CCC(OC)CC2)s1. The van der Waals surface area contributed by atoms with Crippen LogP contribution in [0.25, 0.3) is 0 Å². The van der Waals surface area contributed by atoms with Gasteiger partial charge in [-0.05, 0) is 26.7 Å². The van der Waals surface area contributed by atoms with Crippen molar-refractivity contribution in [1.29, 1.82) is 0 Å². The molecule has 1 aliphatic rings. The Hall–Kier alpha value is -1.34. The summed E-state index contributed by atoms with van der Waals surface area (Å²) in [6.07, 6.45) is 2.02. The van der Waals surface area contributed by atoms with Gasteiger partial charge >= 0.3 is 0 Å². The number of aromatic nitrogens is 1. The maximum absolute atomic E-state index is 12.6. The van der Waals surface area contributed by atoms with Crippen LogP contribution in [0.3, 0.4) is 0 Å². The molecule has 1 aromatic heterocycles. The van der Waals surface area contributed by atoms with Crippen LogP contribution in [0, 0.1) is 0 Å². The highest BCUT2D eigenvalue weighted by Crippen LogP contribution is 2.30. The number of rotatable bonds is 5. The van der Waals surface area contributed by atoms with E-state index in [1.807, 2.05) is 4.90 Å². The van der Waals surface area contributed by atoms with Gasteiger partial charge in [-0.15, -0.1) is 0 Å². The second kappa shape index (κ2) is 7.09. The zero-order valence-electron chi connectivity index (χ0n) is 13.0. The molecule has 21 heavy (non-hydrogen) atoms. The van der Waals surface area contributed by atoms with E-state index in [-0.39, 0.29) is 12.0 Å². The van der Waals surface area contributed by atoms with Crippen LogP contribution in [0.4, 0.5) is 10.9 Å². The van der Waals surface area contributed by atoms with Crippen molar-refractivity contribution in [3.05, 3.63) is 4.88 Å². The third-order valence-electron chi connectivity index (χ3n) is 3.93. The first-order chi connectivity index (χ1) is 10.1. The van der Waals surface area contributed by atoms with E-state index in [2.05, 4.69) is 23.7 Å². The van der Waals surface area contributed by atoms with Gasteiger partial charge in [0.1, 0.15) is 10.7 Å². The lowest BCUT2D eigenvalue weighted by Crippen LogP contribution is -2.40. The van der Waals surface area contributed by atoms with E-state index in [4.69, 9.17) is 10.5 Å². The molecule has 0 saturated carbocycles. The van der Waals surface area contributed by atoms with Crippen LogP contribution in [-0.4, -0.2) is 55.2 Å². The molecule has 0 spiro atoms. The quantitative estimate of drug-likeness (QED) is 0.898. The van der Waals surface area contributed by atoms with Crippen LogP contribution in [0.1, 0.15) is 36.4 Å². The Balaban J connectivity index is 2.09. The van der Waals surface area contributed by atoms with Crippen molar-refractivity contribution in [2.45, 2.75) is 32.8 Å². The molecule has 0 atom stereocenters. The second-order valence-electron chi connectivity index (χ2n) is 5.11. The highest BCUT2D eigenvalue weighted by atomic mass is 32.1. The smallest absolute Gasteiger partial charge is 0.267 e. The zero-order valence-corrected chi connectivity index (χ0v) is 13.8. The summed E-state index contributed by atoms with van der Waals surface area (Å²) in [4.78, 5) is 21.5. The molecule has 0 aromatic carbocycles. The predicted molar refractivity (Wildman–Crippen MR) is 86.0 cm³/mol. The van der Waals surface area contributed by atoms with Crippen LogP contribution in [-0.2, 0) is 4.74 Å². The number of amides is 1. The number of methoxy groups -OCH3 is 1. The van der Waals surface area contributed by atoms with Crippen LogP contribution in [0.15, 0.2) is 0 Å². The number of carbonyl (C=O) groups excluding carboxylic acids is 1. The predicted octanol–water partition coefficient (Wildman–Crippen LogP) is 1.82. The maximum atomic E-state index is 12.6. The molecule has 1 saturated heterocycles. The Kier molecular flexibility index (Phi) is 5.41. The highest BCUT2D eigenvalue weighted by Gasteiger charge is 2.27. The summed E-state index contributed by atoms with van der Waals surface area (Å²) in [5.74, 6) is 0.346. The molecular weight excluding hydrogens is 288 g/mol. The Morgan fingerprint density at radius 1 is 1.43 bits per heavy atom. The van der Waals surface area contributed by atoms with E-state index >= 15 is 0 Å². The molecular formula is C14H24N4O2S. The van der Waals surface area contributed by atoms with Crippen molar-refractivity contribution in [3.8, 4) is 0 Å². The standard InChI is InChI=1S/C14H24N4O2S/c1-4-17(5-2)14-16-12(15)11(21-14)13(19)18-8-6-10(20-3)7-9-18/h10H,4-9,15H2,1-3H3. The van der Waals surface area contributed by atoms with Crippen molar-refractivity contribution >= 4 is 28.2 Å². The number of anilines is 2. The van der Waals surface area contributed by atoms with E-state index < -0.39 is 0 Å². The number of likely N-dealkylation sites (tertiary alicyclic amines) is 1. The summed E-state index contributed by atoms with van der Waals surface area (Å²) in [5.41, 5.74) is 5.95. The molecule has 2 N–H and O–H groups in total. The van der Waals surface area contributed by atoms with Gasteiger partial charge in [0, 0.05) is 33.3 Å². The summed E-state index contributed by atoms with van der Waals surface area (Å²) in [6.45, 7) is 7.29. The number of nitrogen functional groups attached to an aromatic ring is 1. The summed E-state index contributed by atoms with van der Waals surface area (Å²) >= 11 is 1.39. The fraction of sp³-hybridized carbons (Fsp3) is 0.714. The molecule has 2 heterocycles. The first-order valence-electron chi connectivity index (χ1n) is 7.44. The van der Waals surface area contributed by atoms with Gasteiger partial charge in [0.2, 0.25) is 0 Å². The number of hydrogen-bond donors (Lipinski definition) is 1. The van der Waals surface area contributed by atoms with Gasteiger partial charge in [-0.2, -0.15) is 0 Å². The van der Waals surface area contributed by atoms with Gasteiger partial charge < -0.3 is 20.3 Å². The minimum Gasteiger partial charge on any atom is -0.382 e. The molecule has 0 unspecified atom stereocenters. The molecule has 6 nitrogen and oxygen atoms in total. The fourth-order valence-corrected chi connectivity index (χ4v) is 3.62. The normalized spacial score (nSPS) is 16.2. The van der Waals surface area contributed by atoms with Gasteiger partial charge in [0.15, 0.2) is 5.13 Å². The number of ether oxygens (including phenoxy) is 1. The van der Waals surface area contributed by atoms with Crippen molar-refractivity contribution in [3.63, 3.8) is 0 Å². The zero-order chi connectivity index (χ0) is 15.4. The van der Waals surface area contributed by atoms with Crippen LogP contribution in [0.5, 0.6) is 0 Å². The van der Waals surface area contributed by atoms with Crippen molar-refractivity contribution in [2.24, 2.45) is 0 Å². The third kappa shape index (κ3) is 3.47. The third-order valence-corrected chi connectivity index (χ3v) is 5.05. The molecule has 0 radical (unpaired) electrons. The van der Waals surface area contributed by atoms with Crippen LogP contribution in [0.2, 0.25) is 0 Å². The number of piperidine rings is 1. The average molecular weight is 312 g/mol. The van der Waals surface area contributed by atoms with Crippen LogP contribution >= 0.6 is 11.3 Å². The lowest BCUT2D eigenvalue weighted by molar-refractivity contribution is 0.0354. The van der Waals surface area contributed by atoms with E-state index in [9.17, 15) is 4.79 Å². The van der Waals surface area contributed by atoms with Gasteiger partial charge in [0.25, 0.3) is 5.91 Å². The molecule has 1 aliphatic heterocycles. The lowest BCUT2D eigenvalue weighted by atomic mass is 10.1. The number of carbonyl (C=O) groups is 1. The number of nitrogens with two attached hydrogens (primary N) is 1. The minimum atomic E-state index is -0.00189. The summed E-state index contributed by atoms with van der Waals surface area (Å²) in [5, 5.41) is 0.827. The first-order valence-corrected chi connectivity index (χ1v) is 8.25. The monoisotopic (exact) mass is 312 g/mol. The largest absolute Gasteiger partial charge is 0.382 e. The maximum Gasteiger partial charge on any atom is 0.267 e. The number of nitrogens with zero attached hydrogens (tertiary/aromatic N) is 3. The molecule has 7 heteroatoms.